The van der Waals surface area contributed by atoms with E-state index in [-0.39, 0.29) is 50.2 Å². The van der Waals surface area contributed by atoms with Gasteiger partial charge >= 0.3 is 0 Å². The van der Waals surface area contributed by atoms with Crippen LogP contribution in [0.3, 0.4) is 0 Å². The van der Waals surface area contributed by atoms with Crippen molar-refractivity contribution in [2.45, 2.75) is 107 Å². The minimum atomic E-state index is -1.45. The van der Waals surface area contributed by atoms with E-state index in [2.05, 4.69) is 47.2 Å². The molecular weight excluding hydrogens is 1050 g/mol. The monoisotopic (exact) mass is 1110 g/mol. The van der Waals surface area contributed by atoms with E-state index >= 15 is 0 Å². The van der Waals surface area contributed by atoms with Crippen LogP contribution >= 0.6 is 21.6 Å². The van der Waals surface area contributed by atoms with E-state index in [1.807, 2.05) is 24.3 Å². The summed E-state index contributed by atoms with van der Waals surface area (Å²) in [6.45, 7) is 3.59. The van der Waals surface area contributed by atoms with Gasteiger partial charge in [-0.1, -0.05) is 84.0 Å². The van der Waals surface area contributed by atoms with Gasteiger partial charge in [0, 0.05) is 60.3 Å². The van der Waals surface area contributed by atoms with E-state index in [0.717, 1.165) is 32.5 Å². The number of aromatic amines is 1. The molecule has 78 heavy (non-hydrogen) atoms. The predicted molar refractivity (Wildman–Crippen MR) is 293 cm³/mol. The smallest absolute Gasteiger partial charge is 0.244 e. The predicted octanol–water partition coefficient (Wildman–Crippen LogP) is 1.50. The Balaban J connectivity index is 1.39. The number of carbonyl (C=O) groups is 8. The number of aromatic nitrogens is 2. The third kappa shape index (κ3) is 17.8. The highest BCUT2D eigenvalue weighted by Gasteiger charge is 2.36. The molecule has 0 bridgehead atoms. The molecule has 5 aromatic rings. The number of hydrogen-bond donors (Lipinski definition) is 11. The molecule has 0 saturated carbocycles. The summed E-state index contributed by atoms with van der Waals surface area (Å²) in [4.78, 5) is 121. The number of carbonyl (C=O) groups excluding carboxylic acids is 8. The van der Waals surface area contributed by atoms with Gasteiger partial charge in [0.2, 0.25) is 47.3 Å². The van der Waals surface area contributed by atoms with E-state index in [0.29, 0.717) is 35.1 Å². The largest absolute Gasteiger partial charge is 0.368 e. The number of rotatable bonds is 18. The second-order valence-electron chi connectivity index (χ2n) is 19.3. The first-order valence-corrected chi connectivity index (χ1v) is 27.9. The fourth-order valence-electron chi connectivity index (χ4n) is 8.60. The molecule has 14 N–H and O–H groups in total. The number of hydrogen-bond acceptors (Lipinski definition) is 13. The molecule has 3 heterocycles. The minimum absolute atomic E-state index is 0.0619. The molecule has 0 radical (unpaired) electrons. The molecular formula is C54H66F2N12O8S2. The van der Waals surface area contributed by atoms with Gasteiger partial charge < -0.3 is 59.4 Å². The highest BCUT2D eigenvalue weighted by molar-refractivity contribution is 8.76. The first-order chi connectivity index (χ1) is 37.4. The van der Waals surface area contributed by atoms with Crippen LogP contribution in [0.25, 0.3) is 10.9 Å². The normalized spacial score (nSPS) is 21.0. The summed E-state index contributed by atoms with van der Waals surface area (Å²) < 4.78 is 28.3. The Hall–Kier alpha value is -7.41. The zero-order valence-corrected chi connectivity index (χ0v) is 44.7. The third-order valence-corrected chi connectivity index (χ3v) is 15.3. The lowest BCUT2D eigenvalue weighted by Crippen LogP contribution is -2.61. The van der Waals surface area contributed by atoms with Gasteiger partial charge in [-0.05, 0) is 96.8 Å². The molecule has 1 aliphatic heterocycles. The molecule has 6 rings (SSSR count). The number of pyridine rings is 1. The average molecular weight is 1110 g/mol. The lowest BCUT2D eigenvalue weighted by molar-refractivity contribution is -0.136. The molecule has 1 saturated heterocycles. The SMILES string of the molecule is CC(C)[C@H]1NC(=O)[C@H](CCCCN)NC(=O)[C@@H](Cc2c[nH]c3ccccc23)NC(=O)[C@H](Cc2cccnc2)NC(=O)[C@@H](NC(=O)[C@@H](N)Cc2cccc(F)c2)CSSC[C@H](C(=O)N[C@@H](Cc2cccc(F)c2)C(N)=O)NC1=O. The van der Waals surface area contributed by atoms with E-state index in [1.54, 1.807) is 44.3 Å². The number of amides is 8. The molecule has 416 valence electrons. The molecule has 20 nitrogen and oxygen atoms in total. The molecule has 1 fully saturated rings. The van der Waals surface area contributed by atoms with Gasteiger partial charge in [0.05, 0.1) is 6.04 Å². The minimum Gasteiger partial charge on any atom is -0.368 e. The molecule has 0 aliphatic carbocycles. The van der Waals surface area contributed by atoms with Crippen LogP contribution in [0.5, 0.6) is 0 Å². The van der Waals surface area contributed by atoms with Crippen LogP contribution in [0.15, 0.2) is 104 Å². The number of fused-ring (bicyclic) bond motifs is 1. The van der Waals surface area contributed by atoms with Crippen LogP contribution < -0.4 is 54.4 Å². The van der Waals surface area contributed by atoms with Gasteiger partial charge in [0.15, 0.2) is 0 Å². The molecule has 0 unspecified atom stereocenters. The van der Waals surface area contributed by atoms with Crippen molar-refractivity contribution < 1.29 is 47.1 Å². The Labute approximate surface area is 457 Å². The topological polar surface area (TPSA) is 328 Å². The highest BCUT2D eigenvalue weighted by Crippen LogP contribution is 2.25. The standard InChI is InChI=1S/C54H66F2N12O8S2/c1-30(2)46-54(76)67-45(52(74)63-41(47(59)69)23-32-11-8-14-36(56)21-32)29-78-77-28-44(66-48(70)38(58)22-31-10-7-13-35(55)20-31)53(75)64-42(24-33-12-9-19-60-26-33)50(72)65-43(25-34-27-61-39-16-4-3-15-37(34)39)51(73)62-40(49(71)68-46)17-5-6-18-57/h3-4,7-16,19-21,26-27,30,38,40-46,61H,5-6,17-18,22-25,28-29,57-58H2,1-2H3,(H2,59,69)(H,62,73)(H,63,74)(H,64,75)(H,65,72)(H,66,70)(H,67,76)(H,68,71)/t38-,40-,41-,42-,43+,44-,45+,46+/m0/s1. The van der Waals surface area contributed by atoms with Crippen molar-refractivity contribution in [3.05, 3.63) is 137 Å². The lowest BCUT2D eigenvalue weighted by atomic mass is 10.00. The van der Waals surface area contributed by atoms with Gasteiger partial charge in [-0.3, -0.25) is 43.3 Å². The van der Waals surface area contributed by atoms with Gasteiger partial charge in [0.1, 0.15) is 53.9 Å². The number of primary amides is 1. The number of halogens is 2. The summed E-state index contributed by atoms with van der Waals surface area (Å²) >= 11 is 0. The summed E-state index contributed by atoms with van der Waals surface area (Å²) in [6.07, 6.45) is 5.06. The van der Waals surface area contributed by atoms with Gasteiger partial charge in [0.25, 0.3) is 0 Å². The van der Waals surface area contributed by atoms with Crippen molar-refractivity contribution in [2.24, 2.45) is 23.1 Å². The Morgan fingerprint density at radius 2 is 1.35 bits per heavy atom. The van der Waals surface area contributed by atoms with Crippen LogP contribution in [0, 0.1) is 17.6 Å². The van der Waals surface area contributed by atoms with Gasteiger partial charge in [-0.2, -0.15) is 0 Å². The van der Waals surface area contributed by atoms with E-state index in [1.165, 1.54) is 48.8 Å². The Morgan fingerprint density at radius 1 is 0.718 bits per heavy atom. The molecule has 3 aromatic carbocycles. The quantitative estimate of drug-likeness (QED) is 0.0439. The zero-order valence-electron chi connectivity index (χ0n) is 43.1. The number of H-pyrrole nitrogens is 1. The van der Waals surface area contributed by atoms with Crippen LogP contribution in [0.1, 0.15) is 55.4 Å². The lowest BCUT2D eigenvalue weighted by Gasteiger charge is -2.29. The maximum absolute atomic E-state index is 14.8. The van der Waals surface area contributed by atoms with Crippen molar-refractivity contribution in [1.29, 1.82) is 0 Å². The number of nitrogens with zero attached hydrogens (tertiary/aromatic N) is 1. The highest BCUT2D eigenvalue weighted by atomic mass is 33.1. The molecule has 2 aromatic heterocycles. The fourth-order valence-corrected chi connectivity index (χ4v) is 10.9. The van der Waals surface area contributed by atoms with E-state index in [9.17, 15) is 47.1 Å². The number of benzene rings is 3. The number of nitrogens with one attached hydrogen (secondary N) is 8. The van der Waals surface area contributed by atoms with E-state index in [4.69, 9.17) is 17.2 Å². The third-order valence-electron chi connectivity index (χ3n) is 12.8. The van der Waals surface area contributed by atoms with Crippen molar-refractivity contribution in [2.75, 3.05) is 18.1 Å². The Bertz CT molecular complexity index is 2900. The van der Waals surface area contributed by atoms with Crippen LogP contribution in [-0.4, -0.2) is 124 Å². The maximum Gasteiger partial charge on any atom is 0.244 e. The molecule has 0 spiro atoms. The maximum atomic E-state index is 14.8. The van der Waals surface area contributed by atoms with Gasteiger partial charge in [-0.25, -0.2) is 8.78 Å². The van der Waals surface area contributed by atoms with Crippen LogP contribution in [0.2, 0.25) is 0 Å². The summed E-state index contributed by atoms with van der Waals surface area (Å²) in [5.41, 5.74) is 20.5. The molecule has 24 heteroatoms. The fraction of sp³-hybridized carbons (Fsp3) is 0.389. The van der Waals surface area contributed by atoms with Crippen molar-refractivity contribution >= 4 is 79.7 Å². The number of para-hydroxylation sites is 1. The molecule has 1 aliphatic rings. The van der Waals surface area contributed by atoms with Crippen molar-refractivity contribution in [3.63, 3.8) is 0 Å². The van der Waals surface area contributed by atoms with Gasteiger partial charge in [-0.15, -0.1) is 0 Å². The summed E-state index contributed by atoms with van der Waals surface area (Å²) in [5, 5.41) is 19.8. The Kier molecular flexibility index (Phi) is 22.5. The summed E-state index contributed by atoms with van der Waals surface area (Å²) in [5.74, 6) is -8.85. The first-order valence-electron chi connectivity index (χ1n) is 25.4. The first kappa shape index (κ1) is 59.8. The van der Waals surface area contributed by atoms with Crippen LogP contribution in [-0.2, 0) is 64.0 Å². The Morgan fingerprint density at radius 3 is 2.00 bits per heavy atom. The summed E-state index contributed by atoms with van der Waals surface area (Å²) in [7, 11) is 1.99. The second-order valence-corrected chi connectivity index (χ2v) is 21.8. The molecule has 8 amide bonds. The van der Waals surface area contributed by atoms with Crippen LogP contribution in [0.4, 0.5) is 8.78 Å². The second kappa shape index (κ2) is 29.4. The van der Waals surface area contributed by atoms with Crippen molar-refractivity contribution in [3.8, 4) is 0 Å². The number of nitrogens with two attached hydrogens (primary N) is 3. The van der Waals surface area contributed by atoms with E-state index < -0.39 is 113 Å². The average Bonchev–Trinajstić information content (AvgIpc) is 3.84. The molecule has 8 atom stereocenters. The number of unbranched alkanes of at least 4 members (excludes halogenated alkanes) is 1. The summed E-state index contributed by atoms with van der Waals surface area (Å²) in [6, 6.07) is 10.6. The zero-order chi connectivity index (χ0) is 56.3. The van der Waals surface area contributed by atoms with Crippen molar-refractivity contribution in [1.82, 2.24) is 47.2 Å².